The van der Waals surface area contributed by atoms with E-state index in [0.717, 1.165) is 16.7 Å². The quantitative estimate of drug-likeness (QED) is 0.0251. The highest BCUT2D eigenvalue weighted by molar-refractivity contribution is 5.92. The van der Waals surface area contributed by atoms with E-state index in [9.17, 15) is 28.8 Å². The summed E-state index contributed by atoms with van der Waals surface area (Å²) in [6, 6.07) is 26.2. The van der Waals surface area contributed by atoms with E-state index in [-0.39, 0.29) is 73.2 Å². The predicted molar refractivity (Wildman–Crippen MR) is 269 cm³/mol. The minimum absolute atomic E-state index is 0.00925. The van der Waals surface area contributed by atoms with Gasteiger partial charge in [0.25, 0.3) is 0 Å². The first-order valence-corrected chi connectivity index (χ1v) is 22.6. The number of hydrogen-bond acceptors (Lipinski definition) is 14. The van der Waals surface area contributed by atoms with Gasteiger partial charge in [-0.15, -0.1) is 0 Å². The van der Waals surface area contributed by atoms with E-state index in [1.54, 1.807) is 84.0 Å². The lowest BCUT2D eigenvalue weighted by Crippen LogP contribution is -2.33. The Bertz CT molecular complexity index is 2580. The number of benzene rings is 4. The van der Waals surface area contributed by atoms with Gasteiger partial charge in [-0.2, -0.15) is 0 Å². The molecule has 0 N–H and O–H groups in total. The van der Waals surface area contributed by atoms with Crippen molar-refractivity contribution in [2.24, 2.45) is 10.8 Å². The number of hydrogen-bond donors (Lipinski definition) is 0. The van der Waals surface area contributed by atoms with Crippen molar-refractivity contribution in [2.45, 2.75) is 61.3 Å². The third kappa shape index (κ3) is 18.4. The summed E-state index contributed by atoms with van der Waals surface area (Å²) in [5, 5.41) is 0. The first kappa shape index (κ1) is 55.6. The zero-order valence-electron chi connectivity index (χ0n) is 41.5. The van der Waals surface area contributed by atoms with Crippen molar-refractivity contribution in [3.05, 3.63) is 162 Å². The van der Waals surface area contributed by atoms with Crippen LogP contribution < -0.4 is 18.9 Å². The van der Waals surface area contributed by atoms with E-state index in [0.29, 0.717) is 35.7 Å². The fourth-order valence-corrected chi connectivity index (χ4v) is 6.14. The van der Waals surface area contributed by atoms with Gasteiger partial charge in [-0.1, -0.05) is 76.6 Å². The first-order valence-electron chi connectivity index (χ1n) is 22.6. The number of aryl methyl sites for hydroxylation is 1. The lowest BCUT2D eigenvalue weighted by Gasteiger charge is -2.28. The SMILES string of the molecule is C=C(C)C(=O)OCC(C)(CCOc1ccc(C(=O)Oc2ccc(OC(=O)/C=C/c3ccc(-c4ccc(OCCC(C)(COC(=O)C(=C)C)COC(=O)C(=C)C)cc4)cc3)c(C)c2)cc1)COC(=O)C(=C)C. The molecule has 0 unspecified atom stereocenters. The smallest absolute Gasteiger partial charge is 0.343 e. The van der Waals surface area contributed by atoms with Crippen molar-refractivity contribution < 1.29 is 66.7 Å². The van der Waals surface area contributed by atoms with Gasteiger partial charge in [0.05, 0.1) is 18.8 Å². The molecule has 14 nitrogen and oxygen atoms in total. The van der Waals surface area contributed by atoms with Gasteiger partial charge in [0, 0.05) is 39.2 Å². The molecule has 4 rings (SSSR count). The van der Waals surface area contributed by atoms with Crippen LogP contribution in [0, 0.1) is 17.8 Å². The van der Waals surface area contributed by atoms with Gasteiger partial charge in [-0.25, -0.2) is 28.8 Å². The van der Waals surface area contributed by atoms with Gasteiger partial charge in [-0.3, -0.25) is 0 Å². The number of esters is 6. The van der Waals surface area contributed by atoms with E-state index < -0.39 is 46.6 Å². The zero-order chi connectivity index (χ0) is 52.3. The van der Waals surface area contributed by atoms with Crippen molar-refractivity contribution in [3.63, 3.8) is 0 Å². The maximum atomic E-state index is 13.0. The Hall–Kier alpha value is -8.00. The molecule has 0 bridgehead atoms. The summed E-state index contributed by atoms with van der Waals surface area (Å²) in [7, 11) is 0. The third-order valence-electron chi connectivity index (χ3n) is 10.7. The maximum Gasteiger partial charge on any atom is 0.343 e. The van der Waals surface area contributed by atoms with E-state index in [4.69, 9.17) is 37.9 Å². The van der Waals surface area contributed by atoms with Crippen LogP contribution in [0.15, 0.2) is 146 Å². The summed E-state index contributed by atoms with van der Waals surface area (Å²) in [6.45, 7) is 26.4. The molecule has 0 aliphatic rings. The number of ether oxygens (including phenoxy) is 8. The van der Waals surface area contributed by atoms with Gasteiger partial charge < -0.3 is 37.9 Å². The van der Waals surface area contributed by atoms with Gasteiger partial charge in [0.2, 0.25) is 0 Å². The highest BCUT2D eigenvalue weighted by atomic mass is 16.6. The summed E-state index contributed by atoms with van der Waals surface area (Å²) >= 11 is 0. The molecule has 0 aliphatic carbocycles. The second-order valence-corrected chi connectivity index (χ2v) is 18.0. The van der Waals surface area contributed by atoms with Crippen LogP contribution in [0.25, 0.3) is 17.2 Å². The molecule has 0 heterocycles. The topological polar surface area (TPSA) is 176 Å². The molecule has 71 heavy (non-hydrogen) atoms. The monoisotopic (exact) mass is 970 g/mol. The van der Waals surface area contributed by atoms with Crippen molar-refractivity contribution in [3.8, 4) is 34.1 Å². The fraction of sp³-hybridized carbons (Fsp3) is 0.298. The minimum Gasteiger partial charge on any atom is -0.494 e. The van der Waals surface area contributed by atoms with E-state index in [1.807, 2.05) is 55.5 Å². The summed E-state index contributed by atoms with van der Waals surface area (Å²) < 4.78 is 44.5. The van der Waals surface area contributed by atoms with Gasteiger partial charge in [0.1, 0.15) is 49.4 Å². The lowest BCUT2D eigenvalue weighted by atomic mass is 9.89. The predicted octanol–water partition coefficient (Wildman–Crippen LogP) is 10.5. The van der Waals surface area contributed by atoms with Crippen LogP contribution in [0.1, 0.15) is 75.9 Å². The lowest BCUT2D eigenvalue weighted by molar-refractivity contribution is -0.150. The van der Waals surface area contributed by atoms with Crippen LogP contribution >= 0.6 is 0 Å². The van der Waals surface area contributed by atoms with E-state index in [2.05, 4.69) is 26.3 Å². The van der Waals surface area contributed by atoms with Crippen LogP contribution in [0.4, 0.5) is 0 Å². The number of carbonyl (C=O) groups excluding carboxylic acids is 6. The molecule has 0 atom stereocenters. The Kier molecular flexibility index (Phi) is 20.4. The standard InChI is InChI=1S/C57H62O14/c1-37(2)51(59)66-33-56(10,34-67-52(60)38(3)4)28-30-64-46-21-17-44(18-22-46)43-15-12-42(13-16-43)14-27-50(58)71-49-26-25-48(32-41(49)9)70-55(63)45-19-23-47(24-20-45)65-31-29-57(11,35-68-53(61)39(5)6)36-69-54(62)40(7)8/h12-27,32H,1,3,5,7,28-31,33-36H2,2,4,6,8-11H3/b27-14+. The fourth-order valence-electron chi connectivity index (χ4n) is 6.14. The van der Waals surface area contributed by atoms with Crippen molar-refractivity contribution in [1.29, 1.82) is 0 Å². The third-order valence-corrected chi connectivity index (χ3v) is 10.7. The Morgan fingerprint density at radius 3 is 1.28 bits per heavy atom. The summed E-state index contributed by atoms with van der Waals surface area (Å²) in [4.78, 5) is 74.0. The number of rotatable bonds is 26. The van der Waals surface area contributed by atoms with Crippen LogP contribution in [0.2, 0.25) is 0 Å². The molecule has 0 aliphatic heterocycles. The molecule has 374 valence electrons. The van der Waals surface area contributed by atoms with Crippen molar-refractivity contribution in [2.75, 3.05) is 39.6 Å². The van der Waals surface area contributed by atoms with Crippen LogP contribution in [-0.2, 0) is 42.9 Å². The van der Waals surface area contributed by atoms with E-state index in [1.165, 1.54) is 12.1 Å². The molecule has 14 heteroatoms. The van der Waals surface area contributed by atoms with Crippen molar-refractivity contribution in [1.82, 2.24) is 0 Å². The number of carbonyl (C=O) groups is 6. The zero-order valence-corrected chi connectivity index (χ0v) is 41.5. The maximum absolute atomic E-state index is 13.0. The van der Waals surface area contributed by atoms with Crippen LogP contribution in [0.5, 0.6) is 23.0 Å². The first-order chi connectivity index (χ1) is 33.5. The second-order valence-electron chi connectivity index (χ2n) is 18.0. The average Bonchev–Trinajstić information content (AvgIpc) is 3.34. The largest absolute Gasteiger partial charge is 0.494 e. The second kappa shape index (κ2) is 26.1. The summed E-state index contributed by atoms with van der Waals surface area (Å²) in [6.07, 6.45) is 3.75. The molecular weight excluding hydrogens is 909 g/mol. The van der Waals surface area contributed by atoms with Crippen molar-refractivity contribution >= 4 is 41.9 Å². The van der Waals surface area contributed by atoms with Gasteiger partial charge >= 0.3 is 35.8 Å². The summed E-state index contributed by atoms with van der Waals surface area (Å²) in [5.41, 5.74) is 3.06. The molecule has 4 aromatic rings. The average molecular weight is 971 g/mol. The molecule has 0 amide bonds. The Balaban J connectivity index is 1.24. The molecule has 0 spiro atoms. The highest BCUT2D eigenvalue weighted by Gasteiger charge is 2.30. The van der Waals surface area contributed by atoms with Crippen LogP contribution in [-0.4, -0.2) is 75.5 Å². The molecular formula is C57H62O14. The molecule has 0 saturated carbocycles. The Morgan fingerprint density at radius 1 is 0.507 bits per heavy atom. The van der Waals surface area contributed by atoms with Gasteiger partial charge in [-0.05, 0) is 130 Å². The van der Waals surface area contributed by atoms with Gasteiger partial charge in [0.15, 0.2) is 0 Å². The Morgan fingerprint density at radius 2 is 0.887 bits per heavy atom. The molecule has 4 aromatic carbocycles. The van der Waals surface area contributed by atoms with E-state index >= 15 is 0 Å². The molecule has 0 fully saturated rings. The summed E-state index contributed by atoms with van der Waals surface area (Å²) in [5.74, 6) is -1.71. The molecule has 0 radical (unpaired) electrons. The highest BCUT2D eigenvalue weighted by Crippen LogP contribution is 2.29. The molecule has 0 saturated heterocycles. The molecule has 0 aromatic heterocycles. The minimum atomic E-state index is -0.762. The Labute approximate surface area is 415 Å². The van der Waals surface area contributed by atoms with Crippen LogP contribution in [0.3, 0.4) is 0 Å². The normalized spacial score (nSPS) is 11.1.